The zero-order chi connectivity index (χ0) is 18.3. The molecule has 3 aromatic heterocycles. The second-order valence-corrected chi connectivity index (χ2v) is 6.16. The van der Waals surface area contributed by atoms with Crippen molar-refractivity contribution in [3.63, 3.8) is 0 Å². The largest absolute Gasteiger partial charge is 0.376 e. The number of pyridine rings is 1. The Morgan fingerprint density at radius 1 is 1.38 bits per heavy atom. The average Bonchev–Trinajstić information content (AvgIpc) is 3.04. The minimum absolute atomic E-state index is 0.00418. The number of hydrogen-bond acceptors (Lipinski definition) is 7. The molecule has 0 fully saturated rings. The van der Waals surface area contributed by atoms with Gasteiger partial charge in [0, 0.05) is 25.1 Å². The molecule has 0 aromatic carbocycles. The summed E-state index contributed by atoms with van der Waals surface area (Å²) in [7, 11) is 0. The topological polar surface area (TPSA) is 120 Å². The summed E-state index contributed by atoms with van der Waals surface area (Å²) in [5.41, 5.74) is -0.892. The summed E-state index contributed by atoms with van der Waals surface area (Å²) in [6.07, 6.45) is 3.67. The standard InChI is InChI=1S/C16H17N7O3/c1-2-11-18-13-7-6-10(9-22(13)20-11)17-15-14(23(25)26)16(24)21-8-4-3-5-12(21)19-15/h3-5,8,10,17H,2,6-7,9H2,1H3. The van der Waals surface area contributed by atoms with E-state index in [1.54, 1.807) is 18.2 Å². The third-order valence-electron chi connectivity index (χ3n) is 4.45. The Kier molecular flexibility index (Phi) is 3.86. The van der Waals surface area contributed by atoms with Gasteiger partial charge in [0.25, 0.3) is 0 Å². The van der Waals surface area contributed by atoms with Crippen molar-refractivity contribution in [1.82, 2.24) is 24.1 Å². The Labute approximate surface area is 147 Å². The molecule has 10 heteroatoms. The van der Waals surface area contributed by atoms with Crippen molar-refractivity contribution in [2.45, 2.75) is 38.8 Å². The molecule has 4 heterocycles. The number of rotatable bonds is 4. The second kappa shape index (κ2) is 6.21. The molecular formula is C16H17N7O3. The predicted molar refractivity (Wildman–Crippen MR) is 93.2 cm³/mol. The Morgan fingerprint density at radius 3 is 3.00 bits per heavy atom. The highest BCUT2D eigenvalue weighted by atomic mass is 16.6. The van der Waals surface area contributed by atoms with Crippen LogP contribution >= 0.6 is 0 Å². The van der Waals surface area contributed by atoms with E-state index in [4.69, 9.17) is 0 Å². The number of nitrogens with one attached hydrogen (secondary N) is 1. The lowest BCUT2D eigenvalue weighted by atomic mass is 10.1. The van der Waals surface area contributed by atoms with Crippen molar-refractivity contribution < 1.29 is 4.92 Å². The molecule has 1 aliphatic rings. The van der Waals surface area contributed by atoms with E-state index in [1.165, 1.54) is 10.6 Å². The van der Waals surface area contributed by atoms with Gasteiger partial charge in [0.15, 0.2) is 5.82 Å². The van der Waals surface area contributed by atoms with Crippen LogP contribution < -0.4 is 10.9 Å². The Balaban J connectivity index is 1.70. The van der Waals surface area contributed by atoms with Crippen LogP contribution in [0.4, 0.5) is 11.5 Å². The van der Waals surface area contributed by atoms with E-state index >= 15 is 0 Å². The highest BCUT2D eigenvalue weighted by Gasteiger charge is 2.28. The van der Waals surface area contributed by atoms with E-state index in [0.29, 0.717) is 18.6 Å². The normalized spacial score (nSPS) is 16.4. The molecule has 1 atom stereocenters. The SMILES string of the molecule is CCc1nc2n(n1)CC(Nc1nc3ccccn3c(=O)c1[N+](=O)[O-])CC2. The molecule has 10 nitrogen and oxygen atoms in total. The van der Waals surface area contributed by atoms with Gasteiger partial charge in [0.05, 0.1) is 11.5 Å². The number of nitrogens with zero attached hydrogens (tertiary/aromatic N) is 6. The maximum absolute atomic E-state index is 12.5. The maximum atomic E-state index is 12.5. The van der Waals surface area contributed by atoms with E-state index in [1.807, 2.05) is 11.6 Å². The minimum atomic E-state index is -0.700. The molecule has 3 aromatic rings. The second-order valence-electron chi connectivity index (χ2n) is 6.16. The lowest BCUT2D eigenvalue weighted by Crippen LogP contribution is -2.33. The lowest BCUT2D eigenvalue weighted by molar-refractivity contribution is -0.385. The molecular weight excluding hydrogens is 338 g/mol. The van der Waals surface area contributed by atoms with E-state index in [0.717, 1.165) is 24.5 Å². The van der Waals surface area contributed by atoms with E-state index < -0.39 is 16.2 Å². The molecule has 4 rings (SSSR count). The van der Waals surface area contributed by atoms with Gasteiger partial charge in [0.1, 0.15) is 11.5 Å². The van der Waals surface area contributed by atoms with Gasteiger partial charge in [-0.15, -0.1) is 0 Å². The molecule has 0 aliphatic carbocycles. The summed E-state index contributed by atoms with van der Waals surface area (Å²) < 4.78 is 2.99. The van der Waals surface area contributed by atoms with E-state index in [2.05, 4.69) is 20.4 Å². The quantitative estimate of drug-likeness (QED) is 0.551. The van der Waals surface area contributed by atoms with Crippen LogP contribution in [0, 0.1) is 10.1 Å². The highest BCUT2D eigenvalue weighted by molar-refractivity contribution is 5.60. The van der Waals surface area contributed by atoms with Crippen LogP contribution in [0.5, 0.6) is 0 Å². The number of aromatic nitrogens is 5. The van der Waals surface area contributed by atoms with Crippen LogP contribution in [0.2, 0.25) is 0 Å². The van der Waals surface area contributed by atoms with Gasteiger partial charge in [-0.05, 0) is 18.6 Å². The maximum Gasteiger partial charge on any atom is 0.376 e. The van der Waals surface area contributed by atoms with Gasteiger partial charge in [-0.3, -0.25) is 19.3 Å². The molecule has 0 radical (unpaired) electrons. The van der Waals surface area contributed by atoms with Crippen LogP contribution in [-0.4, -0.2) is 35.1 Å². The van der Waals surface area contributed by atoms with Crippen LogP contribution in [0.1, 0.15) is 25.0 Å². The first-order chi connectivity index (χ1) is 12.6. The van der Waals surface area contributed by atoms with Crippen LogP contribution in [0.3, 0.4) is 0 Å². The summed E-state index contributed by atoms with van der Waals surface area (Å²) in [6, 6.07) is 4.88. The first-order valence-corrected chi connectivity index (χ1v) is 8.41. The third-order valence-corrected chi connectivity index (χ3v) is 4.45. The van der Waals surface area contributed by atoms with Crippen LogP contribution in [-0.2, 0) is 19.4 Å². The zero-order valence-electron chi connectivity index (χ0n) is 14.1. The smallest absolute Gasteiger partial charge is 0.359 e. The van der Waals surface area contributed by atoms with Gasteiger partial charge < -0.3 is 5.32 Å². The third kappa shape index (κ3) is 2.68. The van der Waals surface area contributed by atoms with Crippen molar-refractivity contribution in [1.29, 1.82) is 0 Å². The molecule has 0 saturated heterocycles. The minimum Gasteiger partial charge on any atom is -0.359 e. The fraction of sp³-hybridized carbons (Fsp3) is 0.375. The summed E-state index contributed by atoms with van der Waals surface area (Å²) in [5.74, 6) is 1.70. The van der Waals surface area contributed by atoms with Crippen molar-refractivity contribution in [2.24, 2.45) is 0 Å². The van der Waals surface area contributed by atoms with Crippen molar-refractivity contribution in [3.8, 4) is 0 Å². The molecule has 1 unspecified atom stereocenters. The monoisotopic (exact) mass is 355 g/mol. The fourth-order valence-corrected chi connectivity index (χ4v) is 3.17. The molecule has 0 spiro atoms. The zero-order valence-corrected chi connectivity index (χ0v) is 14.1. The molecule has 1 N–H and O–H groups in total. The molecule has 0 amide bonds. The number of aryl methyl sites for hydroxylation is 2. The number of anilines is 1. The Bertz CT molecular complexity index is 1060. The Hall–Kier alpha value is -3.30. The number of fused-ring (bicyclic) bond motifs is 2. The number of hydrogen-bond donors (Lipinski definition) is 1. The number of nitro groups is 1. The summed E-state index contributed by atoms with van der Waals surface area (Å²) >= 11 is 0. The Morgan fingerprint density at radius 2 is 2.23 bits per heavy atom. The average molecular weight is 355 g/mol. The van der Waals surface area contributed by atoms with Gasteiger partial charge in [-0.25, -0.2) is 14.6 Å². The van der Waals surface area contributed by atoms with E-state index in [9.17, 15) is 14.9 Å². The fourth-order valence-electron chi connectivity index (χ4n) is 3.17. The van der Waals surface area contributed by atoms with Gasteiger partial charge in [-0.2, -0.15) is 5.10 Å². The summed E-state index contributed by atoms with van der Waals surface area (Å²) in [6.45, 7) is 2.52. The van der Waals surface area contributed by atoms with E-state index in [-0.39, 0.29) is 11.9 Å². The van der Waals surface area contributed by atoms with Gasteiger partial charge in [-0.1, -0.05) is 13.0 Å². The first kappa shape index (κ1) is 16.2. The summed E-state index contributed by atoms with van der Waals surface area (Å²) in [4.78, 5) is 32.0. The molecule has 0 bridgehead atoms. The summed E-state index contributed by atoms with van der Waals surface area (Å²) in [5, 5.41) is 19.0. The predicted octanol–water partition coefficient (Wildman–Crippen LogP) is 1.18. The van der Waals surface area contributed by atoms with Gasteiger partial charge >= 0.3 is 11.2 Å². The first-order valence-electron chi connectivity index (χ1n) is 8.41. The lowest BCUT2D eigenvalue weighted by Gasteiger charge is -2.23. The van der Waals surface area contributed by atoms with Crippen molar-refractivity contribution in [3.05, 3.63) is 56.5 Å². The molecule has 0 saturated carbocycles. The van der Waals surface area contributed by atoms with Crippen LogP contribution in [0.15, 0.2) is 29.2 Å². The van der Waals surface area contributed by atoms with Crippen molar-refractivity contribution in [2.75, 3.05) is 5.32 Å². The van der Waals surface area contributed by atoms with Crippen LogP contribution in [0.25, 0.3) is 5.65 Å². The highest BCUT2D eigenvalue weighted by Crippen LogP contribution is 2.22. The van der Waals surface area contributed by atoms with Gasteiger partial charge in [0.2, 0.25) is 5.82 Å². The molecule has 1 aliphatic heterocycles. The molecule has 26 heavy (non-hydrogen) atoms. The molecule has 134 valence electrons. The van der Waals surface area contributed by atoms with Crippen molar-refractivity contribution >= 4 is 17.2 Å².